The van der Waals surface area contributed by atoms with Crippen LogP contribution in [-0.4, -0.2) is 19.6 Å². The lowest BCUT2D eigenvalue weighted by Crippen LogP contribution is -2.30. The lowest BCUT2D eigenvalue weighted by molar-refractivity contribution is -0.124. The summed E-state index contributed by atoms with van der Waals surface area (Å²) in [5, 5.41) is 5.58. The number of methoxy groups -OCH3 is 1. The average Bonchev–Trinajstić information content (AvgIpc) is 3.13. The Kier molecular flexibility index (Phi) is 5.16. The monoisotopic (exact) mass is 311 g/mol. The fourth-order valence-corrected chi connectivity index (χ4v) is 3.48. The topological polar surface area (TPSA) is 38.3 Å². The first-order chi connectivity index (χ1) is 11.3. The maximum Gasteiger partial charge on any atom is 0.223 e. The van der Waals surface area contributed by atoms with Gasteiger partial charge in [0, 0.05) is 12.5 Å². The molecule has 23 heavy (non-hydrogen) atoms. The largest absolute Gasteiger partial charge is 0.497 e. The van der Waals surface area contributed by atoms with Gasteiger partial charge in [-0.3, -0.25) is 4.79 Å². The molecule has 1 aliphatic carbocycles. The third kappa shape index (κ3) is 3.84. The van der Waals surface area contributed by atoms with E-state index >= 15 is 0 Å². The molecule has 1 fully saturated rings. The molecule has 0 spiro atoms. The zero-order chi connectivity index (χ0) is 16.1. The first kappa shape index (κ1) is 15.9. The van der Waals surface area contributed by atoms with Gasteiger partial charge in [0.1, 0.15) is 5.75 Å². The van der Waals surface area contributed by atoms with Crippen molar-refractivity contribution in [3.05, 3.63) is 42.0 Å². The van der Waals surface area contributed by atoms with Crippen LogP contribution < -0.4 is 10.1 Å². The Labute approximate surface area is 138 Å². The molecule has 2 aromatic rings. The van der Waals surface area contributed by atoms with Crippen molar-refractivity contribution in [2.45, 2.75) is 38.5 Å². The summed E-state index contributed by atoms with van der Waals surface area (Å²) in [6, 6.07) is 12.6. The number of fused-ring (bicyclic) bond motifs is 1. The number of hydrogen-bond donors (Lipinski definition) is 1. The minimum atomic E-state index is 0.252. The zero-order valence-electron chi connectivity index (χ0n) is 13.8. The molecule has 0 radical (unpaired) electrons. The van der Waals surface area contributed by atoms with Crippen molar-refractivity contribution in [3.8, 4) is 5.75 Å². The second-order valence-electron chi connectivity index (χ2n) is 6.38. The maximum absolute atomic E-state index is 12.0. The standard InChI is InChI=1S/C20H25NO2/c1-23-18-12-11-16-9-4-8-15(19(16)14-18)10-5-13-21-20(22)17-6-2-3-7-17/h4,8-9,11-12,14,17H,2-3,5-7,10,13H2,1H3,(H,21,22). The third-order valence-corrected chi connectivity index (χ3v) is 4.83. The normalized spacial score (nSPS) is 15.0. The second-order valence-corrected chi connectivity index (χ2v) is 6.38. The Balaban J connectivity index is 1.57. The molecule has 0 aliphatic heterocycles. The number of amides is 1. The van der Waals surface area contributed by atoms with Crippen LogP contribution in [0.25, 0.3) is 10.8 Å². The molecule has 2 aromatic carbocycles. The van der Waals surface area contributed by atoms with Crippen LogP contribution in [0.2, 0.25) is 0 Å². The van der Waals surface area contributed by atoms with E-state index in [1.165, 1.54) is 29.2 Å². The number of hydrogen-bond acceptors (Lipinski definition) is 2. The Morgan fingerprint density at radius 2 is 2.04 bits per heavy atom. The predicted octanol–water partition coefficient (Wildman–Crippen LogP) is 4.09. The summed E-state index contributed by atoms with van der Waals surface area (Å²) in [6.45, 7) is 0.760. The van der Waals surface area contributed by atoms with Gasteiger partial charge in [-0.15, -0.1) is 0 Å². The van der Waals surface area contributed by atoms with Crippen LogP contribution in [0.5, 0.6) is 5.75 Å². The van der Waals surface area contributed by atoms with E-state index in [0.717, 1.165) is 38.0 Å². The number of carbonyl (C=O) groups excluding carboxylic acids is 1. The summed E-state index contributed by atoms with van der Waals surface area (Å²) in [5.74, 6) is 1.40. The van der Waals surface area contributed by atoms with Crippen molar-refractivity contribution in [1.82, 2.24) is 5.32 Å². The Hall–Kier alpha value is -2.03. The van der Waals surface area contributed by atoms with Crippen LogP contribution in [0.1, 0.15) is 37.7 Å². The van der Waals surface area contributed by atoms with Crippen LogP contribution in [0, 0.1) is 5.92 Å². The first-order valence-electron chi connectivity index (χ1n) is 8.61. The fraction of sp³-hybridized carbons (Fsp3) is 0.450. The van der Waals surface area contributed by atoms with Crippen LogP contribution in [0.15, 0.2) is 36.4 Å². The summed E-state index contributed by atoms with van der Waals surface area (Å²) in [5.41, 5.74) is 1.32. The smallest absolute Gasteiger partial charge is 0.223 e. The maximum atomic E-state index is 12.0. The highest BCUT2D eigenvalue weighted by Crippen LogP contribution is 2.26. The van der Waals surface area contributed by atoms with E-state index in [1.54, 1.807) is 7.11 Å². The van der Waals surface area contributed by atoms with Crippen LogP contribution in [0.3, 0.4) is 0 Å². The highest BCUT2D eigenvalue weighted by atomic mass is 16.5. The summed E-state index contributed by atoms with van der Waals surface area (Å²) in [6.07, 6.45) is 6.47. The minimum Gasteiger partial charge on any atom is -0.497 e. The average molecular weight is 311 g/mol. The number of nitrogens with one attached hydrogen (secondary N) is 1. The number of benzene rings is 2. The SMILES string of the molecule is COc1ccc2cccc(CCCNC(=O)C3CCCC3)c2c1. The van der Waals surface area contributed by atoms with Crippen molar-refractivity contribution in [3.63, 3.8) is 0 Å². The van der Waals surface area contributed by atoms with Gasteiger partial charge >= 0.3 is 0 Å². The van der Waals surface area contributed by atoms with Gasteiger partial charge in [0.05, 0.1) is 7.11 Å². The molecular formula is C20H25NO2. The highest BCUT2D eigenvalue weighted by Gasteiger charge is 2.21. The molecule has 0 atom stereocenters. The molecule has 0 heterocycles. The third-order valence-electron chi connectivity index (χ3n) is 4.83. The molecule has 3 heteroatoms. The van der Waals surface area contributed by atoms with Crippen molar-refractivity contribution >= 4 is 16.7 Å². The summed E-state index contributed by atoms with van der Waals surface area (Å²) in [7, 11) is 1.70. The second kappa shape index (κ2) is 7.49. The lowest BCUT2D eigenvalue weighted by Gasteiger charge is -2.11. The van der Waals surface area contributed by atoms with E-state index in [-0.39, 0.29) is 11.8 Å². The quantitative estimate of drug-likeness (QED) is 0.816. The molecule has 0 saturated heterocycles. The molecule has 3 nitrogen and oxygen atoms in total. The Bertz CT molecular complexity index is 674. The molecule has 0 bridgehead atoms. The van der Waals surface area contributed by atoms with E-state index < -0.39 is 0 Å². The number of rotatable bonds is 6. The Morgan fingerprint density at radius 1 is 1.22 bits per heavy atom. The van der Waals surface area contributed by atoms with Gasteiger partial charge in [-0.05, 0) is 54.2 Å². The molecule has 1 amide bonds. The fourth-order valence-electron chi connectivity index (χ4n) is 3.48. The van der Waals surface area contributed by atoms with Gasteiger partial charge in [-0.25, -0.2) is 0 Å². The van der Waals surface area contributed by atoms with Gasteiger partial charge in [-0.2, -0.15) is 0 Å². The van der Waals surface area contributed by atoms with Gasteiger partial charge in [0.25, 0.3) is 0 Å². The van der Waals surface area contributed by atoms with Crippen molar-refractivity contribution in [2.75, 3.05) is 13.7 Å². The van der Waals surface area contributed by atoms with E-state index in [2.05, 4.69) is 35.6 Å². The molecule has 1 N–H and O–H groups in total. The minimum absolute atomic E-state index is 0.252. The van der Waals surface area contributed by atoms with Crippen LogP contribution in [-0.2, 0) is 11.2 Å². The van der Waals surface area contributed by atoms with Crippen LogP contribution >= 0.6 is 0 Å². The van der Waals surface area contributed by atoms with E-state index in [9.17, 15) is 4.79 Å². The van der Waals surface area contributed by atoms with Gasteiger partial charge in [0.15, 0.2) is 0 Å². The predicted molar refractivity (Wildman–Crippen MR) is 93.8 cm³/mol. The molecule has 3 rings (SSSR count). The van der Waals surface area contributed by atoms with E-state index in [4.69, 9.17) is 4.74 Å². The summed E-state index contributed by atoms with van der Waals surface area (Å²) >= 11 is 0. The van der Waals surface area contributed by atoms with E-state index in [0.29, 0.717) is 0 Å². The summed E-state index contributed by atoms with van der Waals surface area (Å²) in [4.78, 5) is 12.0. The van der Waals surface area contributed by atoms with Gasteiger partial charge in [0.2, 0.25) is 5.91 Å². The number of aryl methyl sites for hydroxylation is 1. The van der Waals surface area contributed by atoms with E-state index in [1.807, 2.05) is 6.07 Å². The molecule has 0 aromatic heterocycles. The molecule has 122 valence electrons. The lowest BCUT2D eigenvalue weighted by atomic mass is 10.0. The van der Waals surface area contributed by atoms with Gasteiger partial charge < -0.3 is 10.1 Å². The summed E-state index contributed by atoms with van der Waals surface area (Å²) < 4.78 is 5.33. The Morgan fingerprint density at radius 3 is 2.83 bits per heavy atom. The zero-order valence-corrected chi connectivity index (χ0v) is 13.8. The van der Waals surface area contributed by atoms with Crippen molar-refractivity contribution < 1.29 is 9.53 Å². The van der Waals surface area contributed by atoms with Gasteiger partial charge in [-0.1, -0.05) is 37.1 Å². The highest BCUT2D eigenvalue weighted by molar-refractivity contribution is 5.87. The number of ether oxygens (including phenoxy) is 1. The van der Waals surface area contributed by atoms with Crippen molar-refractivity contribution in [1.29, 1.82) is 0 Å². The molecule has 0 unspecified atom stereocenters. The number of carbonyl (C=O) groups is 1. The first-order valence-corrected chi connectivity index (χ1v) is 8.61. The molecule has 1 aliphatic rings. The molecule has 1 saturated carbocycles. The van der Waals surface area contributed by atoms with Crippen LogP contribution in [0.4, 0.5) is 0 Å². The van der Waals surface area contributed by atoms with Crippen molar-refractivity contribution in [2.24, 2.45) is 5.92 Å². The molecular weight excluding hydrogens is 286 g/mol.